The molecule has 0 aromatic carbocycles. The van der Waals surface area contributed by atoms with Gasteiger partial charge < -0.3 is 9.11 Å². The third-order valence-corrected chi connectivity index (χ3v) is 1.70. The van der Waals surface area contributed by atoms with Crippen LogP contribution >= 0.6 is 0 Å². The van der Waals surface area contributed by atoms with Crippen LogP contribution in [0.2, 0.25) is 0 Å². The molecule has 0 rings (SSSR count). The van der Waals surface area contributed by atoms with E-state index in [1.165, 1.54) is 0 Å². The molecule has 0 saturated heterocycles. The minimum Gasteiger partial charge on any atom is -0.741 e. The molecule has 0 aliphatic rings. The number of halogens is 6. The van der Waals surface area contributed by atoms with Crippen LogP contribution in [0.1, 0.15) is 0 Å². The van der Waals surface area contributed by atoms with Gasteiger partial charge in [0.1, 0.15) is 0 Å². The molecule has 0 N–H and O–H groups in total. The summed E-state index contributed by atoms with van der Waals surface area (Å²) in [7, 11) is -12.2. The van der Waals surface area contributed by atoms with Crippen LogP contribution in [0.25, 0.3) is 0 Å². The van der Waals surface area contributed by atoms with Gasteiger partial charge in [-0.15, -0.1) is 0 Å². The van der Waals surface area contributed by atoms with Gasteiger partial charge in [0.05, 0.1) is 0 Å². The second-order valence-electron chi connectivity index (χ2n) is 1.80. The van der Waals surface area contributed by atoms with E-state index in [1.54, 1.807) is 0 Å². The molecule has 0 aromatic rings. The average Bonchev–Trinajstić information content (AvgIpc) is 1.77. The summed E-state index contributed by atoms with van der Waals surface area (Å²) in [6, 6.07) is 0. The first-order chi connectivity index (χ1) is 6.50. The van der Waals surface area contributed by atoms with Crippen LogP contribution in [0.5, 0.6) is 0 Å². The van der Waals surface area contributed by atoms with Crippen molar-refractivity contribution in [2.75, 3.05) is 0 Å². The van der Waals surface area contributed by atoms with Gasteiger partial charge in [0.25, 0.3) is 0 Å². The summed E-state index contributed by atoms with van der Waals surface area (Å²) in [5, 5.41) is 0. The van der Waals surface area contributed by atoms with Gasteiger partial charge in [-0.3, -0.25) is 0 Å². The van der Waals surface area contributed by atoms with Gasteiger partial charge in [-0.2, -0.15) is 26.3 Å². The summed E-state index contributed by atoms with van der Waals surface area (Å²) in [5.74, 6) is 0. The van der Waals surface area contributed by atoms with E-state index in [0.29, 0.717) is 0 Å². The number of alkyl halides is 6. The molecule has 0 spiro atoms. The third-order valence-electron chi connectivity index (χ3n) is 0.567. The van der Waals surface area contributed by atoms with E-state index in [9.17, 15) is 26.3 Å². The Labute approximate surface area is 131 Å². The monoisotopic (exact) mass is 538 g/mol. The zero-order valence-corrected chi connectivity index (χ0v) is 14.9. The van der Waals surface area contributed by atoms with Crippen LogP contribution in [0.4, 0.5) is 26.3 Å². The van der Waals surface area contributed by atoms with E-state index in [-0.39, 0.29) is 47.8 Å². The molecule has 0 heterocycles. The van der Waals surface area contributed by atoms with Crippen molar-refractivity contribution in [1.29, 1.82) is 0 Å². The molecule has 6 nitrogen and oxygen atoms in total. The summed E-state index contributed by atoms with van der Waals surface area (Å²) in [6.07, 6.45) is 0. The molecule has 0 aliphatic carbocycles. The summed E-state index contributed by atoms with van der Waals surface area (Å²) in [6.45, 7) is 0. The van der Waals surface area contributed by atoms with E-state index in [1.807, 2.05) is 0 Å². The van der Waals surface area contributed by atoms with E-state index in [0.717, 1.165) is 0 Å². The number of rotatable bonds is 0. The fraction of sp³-hybridized carbons (Fsp3) is 1.00. The Hall–Kier alpha value is 0.997. The maximum absolute atomic E-state index is 10.7. The van der Waals surface area contributed by atoms with Gasteiger partial charge in [0, 0.05) is 0 Å². The molecular weight excluding hydrogens is 536 g/mol. The van der Waals surface area contributed by atoms with Crippen LogP contribution < -0.4 is 0 Å². The molecule has 104 valence electrons. The summed E-state index contributed by atoms with van der Waals surface area (Å²) in [4.78, 5) is 0. The SMILES string of the molecule is O=S(=O)([O-])C(F)(F)F.O=S(=O)([O-])C(F)(F)F.[Sn+2].[Sn+2]. The van der Waals surface area contributed by atoms with Crippen molar-refractivity contribution in [2.45, 2.75) is 11.0 Å². The zero-order valence-electron chi connectivity index (χ0n) is 7.53. The molecule has 0 amide bonds. The molecule has 18 heavy (non-hydrogen) atoms. The average molecular weight is 536 g/mol. The van der Waals surface area contributed by atoms with Crippen LogP contribution in [0, 0.1) is 0 Å². The Bertz CT molecular complexity index is 378. The van der Waals surface area contributed by atoms with Crippen LogP contribution in [0.15, 0.2) is 0 Å². The molecule has 0 unspecified atom stereocenters. The minimum absolute atomic E-state index is 0. The van der Waals surface area contributed by atoms with E-state index >= 15 is 0 Å². The molecule has 0 bridgehead atoms. The summed E-state index contributed by atoms with van der Waals surface area (Å²) >= 11 is 0. The maximum atomic E-state index is 10.7. The molecule has 0 saturated carbocycles. The first kappa shape index (κ1) is 27.4. The molecule has 0 aliphatic heterocycles. The predicted octanol–water partition coefficient (Wildman–Crippen LogP) is -0.659. The fourth-order valence-electron chi connectivity index (χ4n) is 0. The third kappa shape index (κ3) is 12.1. The molecule has 16 heteroatoms. The molecule has 0 atom stereocenters. The van der Waals surface area contributed by atoms with Crippen molar-refractivity contribution in [1.82, 2.24) is 0 Å². The van der Waals surface area contributed by atoms with E-state index in [2.05, 4.69) is 0 Å². The Morgan fingerprint density at radius 1 is 0.611 bits per heavy atom. The largest absolute Gasteiger partial charge is 2.00 e. The topological polar surface area (TPSA) is 114 Å². The van der Waals surface area contributed by atoms with Gasteiger partial charge in [-0.1, -0.05) is 0 Å². The van der Waals surface area contributed by atoms with Crippen molar-refractivity contribution in [2.24, 2.45) is 0 Å². The smallest absolute Gasteiger partial charge is 0.741 e. The van der Waals surface area contributed by atoms with Gasteiger partial charge >= 0.3 is 58.8 Å². The van der Waals surface area contributed by atoms with Gasteiger partial charge in [-0.25, -0.2) is 16.8 Å². The molecule has 0 aromatic heterocycles. The second kappa shape index (κ2) is 8.32. The van der Waals surface area contributed by atoms with Gasteiger partial charge in [0.15, 0.2) is 20.2 Å². The van der Waals surface area contributed by atoms with Crippen molar-refractivity contribution in [3.63, 3.8) is 0 Å². The Morgan fingerprint density at radius 2 is 0.667 bits per heavy atom. The second-order valence-corrected chi connectivity index (χ2v) is 4.54. The number of hydrogen-bond acceptors (Lipinski definition) is 6. The quantitative estimate of drug-likeness (QED) is 0.176. The predicted molar refractivity (Wildman–Crippen MR) is 43.0 cm³/mol. The normalized spacial score (nSPS) is 12.4. The van der Waals surface area contributed by atoms with Gasteiger partial charge in [-0.05, 0) is 0 Å². The van der Waals surface area contributed by atoms with Crippen LogP contribution in [0.3, 0.4) is 0 Å². The fourth-order valence-corrected chi connectivity index (χ4v) is 0. The molecule has 4 radical (unpaired) electrons. The van der Waals surface area contributed by atoms with Crippen molar-refractivity contribution < 1.29 is 52.3 Å². The first-order valence-electron chi connectivity index (χ1n) is 2.54. The van der Waals surface area contributed by atoms with Crippen LogP contribution in [-0.4, -0.2) is 84.8 Å². The number of hydrogen-bond donors (Lipinski definition) is 0. The van der Waals surface area contributed by atoms with Crippen molar-refractivity contribution in [3.05, 3.63) is 0 Å². The molecule has 0 fully saturated rings. The van der Waals surface area contributed by atoms with E-state index < -0.39 is 31.3 Å². The minimum atomic E-state index is -6.09. The standard InChI is InChI=1S/2CHF3O3S.2Sn/c2*2-1(3,4)8(5,6)7;;/h2*(H,5,6,7);;/q;;2*+2/p-2. The Morgan fingerprint density at radius 3 is 0.667 bits per heavy atom. The van der Waals surface area contributed by atoms with Crippen molar-refractivity contribution in [3.8, 4) is 0 Å². The Balaban J connectivity index is -0.0000000980. The summed E-state index contributed by atoms with van der Waals surface area (Å²) < 4.78 is 118. The van der Waals surface area contributed by atoms with Gasteiger partial charge in [0.2, 0.25) is 0 Å². The summed E-state index contributed by atoms with van der Waals surface area (Å²) in [5.41, 5.74) is -11.3. The zero-order chi connectivity index (χ0) is 14.0. The van der Waals surface area contributed by atoms with Crippen molar-refractivity contribution >= 4 is 68.1 Å². The Kier molecular flexibility index (Phi) is 12.6. The molecular formula is C2F6O6S2Sn2+2. The van der Waals surface area contributed by atoms with E-state index in [4.69, 9.17) is 25.9 Å². The maximum Gasteiger partial charge on any atom is 2.00 e. The van der Waals surface area contributed by atoms with Crippen LogP contribution in [-0.2, 0) is 20.2 Å². The first-order valence-corrected chi connectivity index (χ1v) is 5.36.